The van der Waals surface area contributed by atoms with E-state index in [0.29, 0.717) is 30.4 Å². The van der Waals surface area contributed by atoms with E-state index in [4.69, 9.17) is 9.47 Å². The van der Waals surface area contributed by atoms with E-state index in [1.54, 1.807) is 37.3 Å². The summed E-state index contributed by atoms with van der Waals surface area (Å²) in [6, 6.07) is 11.0. The van der Waals surface area contributed by atoms with Gasteiger partial charge in [0.25, 0.3) is 0 Å². The molecule has 154 valence electrons. The molecule has 3 rings (SSSR count). The summed E-state index contributed by atoms with van der Waals surface area (Å²) in [4.78, 5) is 16.2. The van der Waals surface area contributed by atoms with Gasteiger partial charge in [0.1, 0.15) is 18.0 Å². The van der Waals surface area contributed by atoms with Gasteiger partial charge in [-0.3, -0.25) is 4.79 Å². The Kier molecular flexibility index (Phi) is 5.95. The van der Waals surface area contributed by atoms with Crippen molar-refractivity contribution in [2.45, 2.75) is 26.6 Å². The standard InChI is InChI=1S/C20H20F3N3O3/c1-3-28-13-9-10-17(29-4-2)15(11-13)24-18(27)12-26-16-8-6-5-7-14(16)25-19(26)20(21,22)23/h5-11H,3-4,12H2,1-2H3,(H,24,27). The fraction of sp³-hybridized carbons (Fsp3) is 0.300. The van der Waals surface area contributed by atoms with Crippen molar-refractivity contribution in [3.05, 3.63) is 48.3 Å². The van der Waals surface area contributed by atoms with Crippen molar-refractivity contribution in [2.24, 2.45) is 0 Å². The summed E-state index contributed by atoms with van der Waals surface area (Å²) >= 11 is 0. The Bertz CT molecular complexity index is 1020. The fourth-order valence-corrected chi connectivity index (χ4v) is 2.93. The van der Waals surface area contributed by atoms with Crippen LogP contribution in [-0.2, 0) is 17.5 Å². The second-order valence-electron chi connectivity index (χ2n) is 6.08. The molecule has 0 atom stereocenters. The van der Waals surface area contributed by atoms with E-state index < -0.39 is 24.5 Å². The average molecular weight is 407 g/mol. The zero-order valence-corrected chi connectivity index (χ0v) is 15.9. The Balaban J connectivity index is 1.91. The van der Waals surface area contributed by atoms with Crippen molar-refractivity contribution in [1.82, 2.24) is 9.55 Å². The molecule has 1 aromatic heterocycles. The van der Waals surface area contributed by atoms with Crippen molar-refractivity contribution in [2.75, 3.05) is 18.5 Å². The Hall–Kier alpha value is -3.23. The molecule has 1 heterocycles. The number of hydrogen-bond acceptors (Lipinski definition) is 4. The van der Waals surface area contributed by atoms with E-state index in [9.17, 15) is 18.0 Å². The number of nitrogens with zero attached hydrogens (tertiary/aromatic N) is 2. The van der Waals surface area contributed by atoms with Gasteiger partial charge in [0, 0.05) is 6.07 Å². The summed E-state index contributed by atoms with van der Waals surface area (Å²) in [5.74, 6) is -0.860. The molecule has 0 fully saturated rings. The van der Waals surface area contributed by atoms with E-state index in [-0.39, 0.29) is 11.0 Å². The number of benzene rings is 2. The zero-order valence-electron chi connectivity index (χ0n) is 15.9. The summed E-state index contributed by atoms with van der Waals surface area (Å²) in [6.07, 6.45) is -4.69. The number of alkyl halides is 3. The molecule has 0 radical (unpaired) electrons. The van der Waals surface area contributed by atoms with Gasteiger partial charge in [0.05, 0.1) is 29.9 Å². The molecule has 1 amide bonds. The molecule has 6 nitrogen and oxygen atoms in total. The molecule has 3 aromatic rings. The van der Waals surface area contributed by atoms with E-state index in [1.807, 2.05) is 6.92 Å². The highest BCUT2D eigenvalue weighted by molar-refractivity contribution is 5.93. The second kappa shape index (κ2) is 8.42. The van der Waals surface area contributed by atoms with Crippen LogP contribution in [0, 0.1) is 0 Å². The molecular weight excluding hydrogens is 387 g/mol. The molecule has 1 N–H and O–H groups in total. The summed E-state index contributed by atoms with van der Waals surface area (Å²) in [6.45, 7) is 3.84. The van der Waals surface area contributed by atoms with Crippen LogP contribution in [0.2, 0.25) is 0 Å². The third kappa shape index (κ3) is 4.61. The Morgan fingerprint density at radius 2 is 1.83 bits per heavy atom. The Morgan fingerprint density at radius 3 is 2.52 bits per heavy atom. The quantitative estimate of drug-likeness (QED) is 0.627. The molecule has 2 aromatic carbocycles. The van der Waals surface area contributed by atoms with E-state index >= 15 is 0 Å². The van der Waals surface area contributed by atoms with Gasteiger partial charge in [0.15, 0.2) is 0 Å². The first-order valence-electron chi connectivity index (χ1n) is 9.05. The molecule has 9 heteroatoms. The van der Waals surface area contributed by atoms with Crippen LogP contribution in [0.1, 0.15) is 19.7 Å². The Labute approximate surface area is 165 Å². The maximum Gasteiger partial charge on any atom is 0.449 e. The zero-order chi connectivity index (χ0) is 21.0. The molecule has 0 spiro atoms. The lowest BCUT2D eigenvalue weighted by Gasteiger charge is -2.15. The first-order valence-corrected chi connectivity index (χ1v) is 9.05. The van der Waals surface area contributed by atoms with Gasteiger partial charge in [-0.25, -0.2) is 4.98 Å². The number of fused-ring (bicyclic) bond motifs is 1. The van der Waals surface area contributed by atoms with Crippen LogP contribution in [0.4, 0.5) is 18.9 Å². The van der Waals surface area contributed by atoms with Crippen molar-refractivity contribution >= 4 is 22.6 Å². The van der Waals surface area contributed by atoms with Crippen LogP contribution in [-0.4, -0.2) is 28.7 Å². The smallest absolute Gasteiger partial charge is 0.449 e. The number of imidazole rings is 1. The number of carbonyl (C=O) groups excluding carboxylic acids is 1. The van der Waals surface area contributed by atoms with E-state index in [2.05, 4.69) is 10.3 Å². The van der Waals surface area contributed by atoms with Gasteiger partial charge < -0.3 is 19.4 Å². The monoisotopic (exact) mass is 407 g/mol. The number of amides is 1. The number of hydrogen-bond donors (Lipinski definition) is 1. The normalized spacial score (nSPS) is 11.5. The topological polar surface area (TPSA) is 65.4 Å². The maximum absolute atomic E-state index is 13.4. The van der Waals surface area contributed by atoms with Crippen molar-refractivity contribution < 1.29 is 27.4 Å². The third-order valence-electron chi connectivity index (χ3n) is 4.05. The lowest BCUT2D eigenvalue weighted by atomic mass is 10.2. The van der Waals surface area contributed by atoms with Crippen LogP contribution in [0.5, 0.6) is 11.5 Å². The fourth-order valence-electron chi connectivity index (χ4n) is 2.93. The predicted octanol–water partition coefficient (Wildman–Crippen LogP) is 4.49. The van der Waals surface area contributed by atoms with E-state index in [1.165, 1.54) is 12.1 Å². The maximum atomic E-state index is 13.4. The van der Waals surface area contributed by atoms with Crippen LogP contribution < -0.4 is 14.8 Å². The van der Waals surface area contributed by atoms with Gasteiger partial charge >= 0.3 is 6.18 Å². The van der Waals surface area contributed by atoms with Crippen LogP contribution >= 0.6 is 0 Å². The first kappa shape index (κ1) is 20.5. The summed E-state index contributed by atoms with van der Waals surface area (Å²) in [7, 11) is 0. The Morgan fingerprint density at radius 1 is 1.10 bits per heavy atom. The lowest BCUT2D eigenvalue weighted by Crippen LogP contribution is -2.23. The highest BCUT2D eigenvalue weighted by Gasteiger charge is 2.38. The number of rotatable bonds is 7. The van der Waals surface area contributed by atoms with E-state index in [0.717, 1.165) is 4.57 Å². The number of para-hydroxylation sites is 2. The van der Waals surface area contributed by atoms with Crippen LogP contribution in [0.15, 0.2) is 42.5 Å². The highest BCUT2D eigenvalue weighted by atomic mass is 19.4. The molecule has 0 saturated heterocycles. The minimum absolute atomic E-state index is 0.168. The van der Waals surface area contributed by atoms with Gasteiger partial charge in [-0.1, -0.05) is 12.1 Å². The summed E-state index contributed by atoms with van der Waals surface area (Å²) < 4.78 is 52.0. The van der Waals surface area contributed by atoms with Gasteiger partial charge in [0.2, 0.25) is 11.7 Å². The molecule has 29 heavy (non-hydrogen) atoms. The van der Waals surface area contributed by atoms with Crippen molar-refractivity contribution in [3.8, 4) is 11.5 Å². The SMILES string of the molecule is CCOc1ccc(OCC)c(NC(=O)Cn2c(C(F)(F)F)nc3ccccc32)c1. The minimum Gasteiger partial charge on any atom is -0.494 e. The number of halogens is 3. The number of ether oxygens (including phenoxy) is 2. The van der Waals surface area contributed by atoms with Crippen molar-refractivity contribution in [1.29, 1.82) is 0 Å². The number of nitrogens with one attached hydrogen (secondary N) is 1. The van der Waals surface area contributed by atoms with Gasteiger partial charge in [-0.15, -0.1) is 0 Å². The molecule has 0 aliphatic heterocycles. The largest absolute Gasteiger partial charge is 0.494 e. The number of aromatic nitrogens is 2. The minimum atomic E-state index is -4.69. The molecule has 0 saturated carbocycles. The number of anilines is 1. The third-order valence-corrected chi connectivity index (χ3v) is 4.05. The molecule has 0 unspecified atom stereocenters. The lowest BCUT2D eigenvalue weighted by molar-refractivity contribution is -0.147. The van der Waals surface area contributed by atoms with Gasteiger partial charge in [-0.05, 0) is 38.1 Å². The van der Waals surface area contributed by atoms with Crippen LogP contribution in [0.3, 0.4) is 0 Å². The highest BCUT2D eigenvalue weighted by Crippen LogP contribution is 2.32. The predicted molar refractivity (Wildman–Crippen MR) is 102 cm³/mol. The average Bonchev–Trinajstić information content (AvgIpc) is 3.03. The molecular formula is C20H20F3N3O3. The summed E-state index contributed by atoms with van der Waals surface area (Å²) in [5.41, 5.74) is 0.713. The second-order valence-corrected chi connectivity index (χ2v) is 6.08. The van der Waals surface area contributed by atoms with Crippen molar-refractivity contribution in [3.63, 3.8) is 0 Å². The first-order chi connectivity index (χ1) is 13.8. The molecule has 0 aliphatic rings. The summed E-state index contributed by atoms with van der Waals surface area (Å²) in [5, 5.41) is 2.62. The van der Waals surface area contributed by atoms with Crippen LogP contribution in [0.25, 0.3) is 11.0 Å². The van der Waals surface area contributed by atoms with Gasteiger partial charge in [-0.2, -0.15) is 13.2 Å². The number of carbonyl (C=O) groups is 1. The molecule has 0 bridgehead atoms. The molecule has 0 aliphatic carbocycles.